The Hall–Kier alpha value is -2.26. The number of fused-ring (bicyclic) bond motifs is 1. The Kier molecular flexibility index (Phi) is 7.38. The van der Waals surface area contributed by atoms with Gasteiger partial charge in [0.2, 0.25) is 0 Å². The summed E-state index contributed by atoms with van der Waals surface area (Å²) in [7, 11) is 1.78. The number of aromatic nitrogens is 2. The minimum atomic E-state index is 0. The lowest BCUT2D eigenvalue weighted by molar-refractivity contribution is 0.261. The molecule has 1 aromatic heterocycles. The highest BCUT2D eigenvalue weighted by Gasteiger charge is 2.21. The van der Waals surface area contributed by atoms with Crippen LogP contribution in [-0.2, 0) is 6.54 Å². The second-order valence-electron chi connectivity index (χ2n) is 6.57. The highest BCUT2D eigenvalue weighted by atomic mass is 127. The first kappa shape index (κ1) is 21.4. The van der Waals surface area contributed by atoms with E-state index in [4.69, 9.17) is 16.3 Å². The van der Waals surface area contributed by atoms with Gasteiger partial charge in [0.05, 0.1) is 24.5 Å². The molecule has 0 saturated carbocycles. The van der Waals surface area contributed by atoms with Crippen LogP contribution in [0.15, 0.2) is 65.9 Å². The lowest BCUT2D eigenvalue weighted by atomic mass is 10.0. The molecule has 8 heteroatoms. The van der Waals surface area contributed by atoms with Crippen molar-refractivity contribution in [1.29, 1.82) is 0 Å². The molecule has 4 rings (SSSR count). The maximum Gasteiger partial charge on any atom is 0.191 e. The van der Waals surface area contributed by atoms with Crippen LogP contribution in [-0.4, -0.2) is 29.4 Å². The van der Waals surface area contributed by atoms with E-state index in [1.54, 1.807) is 7.05 Å². The van der Waals surface area contributed by atoms with Crippen LogP contribution in [0.1, 0.15) is 23.6 Å². The summed E-state index contributed by atoms with van der Waals surface area (Å²) >= 11 is 5.95. The fourth-order valence-corrected chi connectivity index (χ4v) is 3.35. The summed E-state index contributed by atoms with van der Waals surface area (Å²) in [5.74, 6) is 1.69. The number of hydrogen-bond acceptors (Lipinski definition) is 3. The molecule has 2 heterocycles. The molecule has 0 amide bonds. The molecule has 0 bridgehead atoms. The molecular formula is C21H23ClIN5O. The topological polar surface area (TPSA) is 63.5 Å². The van der Waals surface area contributed by atoms with E-state index in [0.29, 0.717) is 18.2 Å². The van der Waals surface area contributed by atoms with E-state index in [1.807, 2.05) is 59.5 Å². The number of para-hydroxylation sites is 1. The van der Waals surface area contributed by atoms with Gasteiger partial charge in [-0.1, -0.05) is 29.8 Å². The molecule has 2 N–H and O–H groups in total. The Bertz CT molecular complexity index is 973. The van der Waals surface area contributed by atoms with Crippen molar-refractivity contribution in [3.8, 4) is 11.4 Å². The van der Waals surface area contributed by atoms with Crippen molar-refractivity contribution in [3.05, 3.63) is 77.1 Å². The van der Waals surface area contributed by atoms with E-state index in [0.717, 1.165) is 34.9 Å². The second kappa shape index (κ2) is 9.98. The maximum atomic E-state index is 5.95. The van der Waals surface area contributed by atoms with Gasteiger partial charge < -0.3 is 15.4 Å². The predicted molar refractivity (Wildman–Crippen MR) is 127 cm³/mol. The monoisotopic (exact) mass is 523 g/mol. The summed E-state index contributed by atoms with van der Waals surface area (Å²) in [6.45, 7) is 1.32. The summed E-state index contributed by atoms with van der Waals surface area (Å²) < 4.78 is 7.56. The van der Waals surface area contributed by atoms with Gasteiger partial charge in [-0.25, -0.2) is 4.68 Å². The first-order chi connectivity index (χ1) is 13.7. The summed E-state index contributed by atoms with van der Waals surface area (Å²) in [6.07, 6.45) is 4.73. The zero-order valence-corrected chi connectivity index (χ0v) is 19.1. The second-order valence-corrected chi connectivity index (χ2v) is 7.00. The Morgan fingerprint density at radius 2 is 2.03 bits per heavy atom. The SMILES string of the molecule is CN=C(NCc1cnn(-c2ccc(Cl)cc2)c1)NC1CCOc2ccccc21.I. The van der Waals surface area contributed by atoms with Crippen LogP contribution < -0.4 is 15.4 Å². The number of benzene rings is 2. The van der Waals surface area contributed by atoms with Crippen LogP contribution in [0.2, 0.25) is 5.02 Å². The number of halogens is 2. The largest absolute Gasteiger partial charge is 0.493 e. The van der Waals surface area contributed by atoms with Gasteiger partial charge in [0.25, 0.3) is 0 Å². The van der Waals surface area contributed by atoms with Gasteiger partial charge in [0, 0.05) is 42.4 Å². The average Bonchev–Trinajstić information content (AvgIpc) is 3.21. The van der Waals surface area contributed by atoms with E-state index in [1.165, 1.54) is 0 Å². The van der Waals surface area contributed by atoms with Crippen LogP contribution in [0.25, 0.3) is 5.69 Å². The van der Waals surface area contributed by atoms with Crippen molar-refractivity contribution in [2.24, 2.45) is 4.99 Å². The van der Waals surface area contributed by atoms with Crippen molar-refractivity contribution in [1.82, 2.24) is 20.4 Å². The van der Waals surface area contributed by atoms with Gasteiger partial charge in [0.1, 0.15) is 5.75 Å². The molecular weight excluding hydrogens is 501 g/mol. The summed E-state index contributed by atoms with van der Waals surface area (Å²) in [6, 6.07) is 15.9. The van der Waals surface area contributed by atoms with E-state index in [-0.39, 0.29) is 30.0 Å². The molecule has 2 aromatic carbocycles. The highest BCUT2D eigenvalue weighted by molar-refractivity contribution is 14.0. The molecule has 1 atom stereocenters. The number of hydrogen-bond donors (Lipinski definition) is 2. The number of nitrogens with zero attached hydrogens (tertiary/aromatic N) is 3. The quantitative estimate of drug-likeness (QED) is 0.304. The van der Waals surface area contributed by atoms with Crippen LogP contribution in [0.4, 0.5) is 0 Å². The van der Waals surface area contributed by atoms with Crippen LogP contribution >= 0.6 is 35.6 Å². The van der Waals surface area contributed by atoms with Gasteiger partial charge >= 0.3 is 0 Å². The first-order valence-electron chi connectivity index (χ1n) is 9.21. The van der Waals surface area contributed by atoms with Gasteiger partial charge in [-0.2, -0.15) is 5.10 Å². The average molecular weight is 524 g/mol. The number of aliphatic imine (C=N–C) groups is 1. The molecule has 1 unspecified atom stereocenters. The molecule has 1 aliphatic heterocycles. The van der Waals surface area contributed by atoms with E-state index >= 15 is 0 Å². The molecule has 0 radical (unpaired) electrons. The van der Waals surface area contributed by atoms with E-state index in [9.17, 15) is 0 Å². The standard InChI is InChI=1S/C21H22ClN5O.HI/c1-23-21(26-19-10-11-28-20-5-3-2-4-18(19)20)24-12-15-13-25-27(14-15)17-8-6-16(22)7-9-17;/h2-9,13-14,19H,10-12H2,1H3,(H2,23,24,26);1H. The number of guanidine groups is 1. The van der Waals surface area contributed by atoms with Crippen molar-refractivity contribution in [3.63, 3.8) is 0 Å². The molecule has 0 saturated heterocycles. The first-order valence-corrected chi connectivity index (χ1v) is 9.59. The molecule has 152 valence electrons. The summed E-state index contributed by atoms with van der Waals surface area (Å²) in [5, 5.41) is 12.0. The molecule has 0 fully saturated rings. The fourth-order valence-electron chi connectivity index (χ4n) is 3.22. The smallest absolute Gasteiger partial charge is 0.191 e. The Balaban J connectivity index is 0.00000240. The fraction of sp³-hybridized carbons (Fsp3) is 0.238. The molecule has 0 aliphatic carbocycles. The third-order valence-electron chi connectivity index (χ3n) is 4.68. The molecule has 6 nitrogen and oxygen atoms in total. The summed E-state index contributed by atoms with van der Waals surface area (Å²) in [5.41, 5.74) is 3.19. The lowest BCUT2D eigenvalue weighted by Crippen LogP contribution is -2.40. The van der Waals surface area contributed by atoms with Gasteiger partial charge in [-0.05, 0) is 30.3 Å². The Labute approximate surface area is 192 Å². The van der Waals surface area contributed by atoms with Crippen molar-refractivity contribution < 1.29 is 4.74 Å². The van der Waals surface area contributed by atoms with Gasteiger partial charge in [-0.3, -0.25) is 4.99 Å². The van der Waals surface area contributed by atoms with E-state index < -0.39 is 0 Å². The third-order valence-corrected chi connectivity index (χ3v) is 4.93. The minimum Gasteiger partial charge on any atom is -0.493 e. The molecule has 1 aliphatic rings. The van der Waals surface area contributed by atoms with Crippen LogP contribution in [0, 0.1) is 0 Å². The molecule has 3 aromatic rings. The molecule has 0 spiro atoms. The van der Waals surface area contributed by atoms with Crippen LogP contribution in [0.5, 0.6) is 5.75 Å². The third kappa shape index (κ3) is 5.22. The van der Waals surface area contributed by atoms with Crippen LogP contribution in [0.3, 0.4) is 0 Å². The van der Waals surface area contributed by atoms with Crippen molar-refractivity contribution >= 4 is 41.5 Å². The normalized spacial score (nSPS) is 15.7. The maximum absolute atomic E-state index is 5.95. The lowest BCUT2D eigenvalue weighted by Gasteiger charge is -2.28. The van der Waals surface area contributed by atoms with Crippen molar-refractivity contribution in [2.75, 3.05) is 13.7 Å². The zero-order valence-electron chi connectivity index (χ0n) is 16.0. The minimum absolute atomic E-state index is 0. The van der Waals surface area contributed by atoms with E-state index in [2.05, 4.69) is 26.8 Å². The number of rotatable bonds is 4. The number of ether oxygens (including phenoxy) is 1. The van der Waals surface area contributed by atoms with Crippen molar-refractivity contribution in [2.45, 2.75) is 19.0 Å². The zero-order chi connectivity index (χ0) is 19.3. The highest BCUT2D eigenvalue weighted by Crippen LogP contribution is 2.31. The molecule has 29 heavy (non-hydrogen) atoms. The Morgan fingerprint density at radius 3 is 2.83 bits per heavy atom. The predicted octanol–water partition coefficient (Wildman–Crippen LogP) is 4.33. The number of nitrogens with one attached hydrogen (secondary N) is 2. The van der Waals surface area contributed by atoms with Gasteiger partial charge in [-0.15, -0.1) is 24.0 Å². The van der Waals surface area contributed by atoms with Gasteiger partial charge in [0.15, 0.2) is 5.96 Å². The Morgan fingerprint density at radius 1 is 1.24 bits per heavy atom. The summed E-state index contributed by atoms with van der Waals surface area (Å²) in [4.78, 5) is 4.36.